The number of carbonyl (C=O) groups is 1. The topological polar surface area (TPSA) is 29.1 Å². The Morgan fingerprint density at radius 2 is 2.00 bits per heavy atom. The normalized spacial score (nSPS) is 12.6. The Kier molecular flexibility index (Phi) is 5.67. The Morgan fingerprint density at radius 3 is 2.56 bits per heavy atom. The number of rotatable bonds is 5. The van der Waals surface area contributed by atoms with Crippen LogP contribution in [0.5, 0.6) is 0 Å². The molecule has 0 spiro atoms. The zero-order valence-corrected chi connectivity index (χ0v) is 12.3. The highest BCUT2D eigenvalue weighted by Gasteiger charge is 2.17. The Bertz CT molecular complexity index is 415. The van der Waals surface area contributed by atoms with E-state index in [0.717, 1.165) is 23.1 Å². The molecule has 0 aliphatic carbocycles. The molecule has 0 aliphatic rings. The van der Waals surface area contributed by atoms with E-state index < -0.39 is 0 Å². The third-order valence-corrected chi connectivity index (χ3v) is 3.40. The van der Waals surface area contributed by atoms with Crippen molar-refractivity contribution in [3.05, 3.63) is 34.9 Å². The molecule has 0 aromatic heterocycles. The highest BCUT2D eigenvalue weighted by atomic mass is 35.5. The van der Waals surface area contributed by atoms with E-state index in [2.05, 4.69) is 19.2 Å². The number of amides is 1. The fraction of sp³-hybridized carbons (Fsp3) is 0.533. The van der Waals surface area contributed by atoms with Gasteiger partial charge in [-0.2, -0.15) is 0 Å². The first-order valence-corrected chi connectivity index (χ1v) is 6.93. The fourth-order valence-corrected chi connectivity index (χ4v) is 2.15. The third kappa shape index (κ3) is 4.02. The molecule has 1 unspecified atom stereocenters. The maximum atomic E-state index is 12.3. The molecule has 2 nitrogen and oxygen atoms in total. The maximum absolute atomic E-state index is 12.3. The van der Waals surface area contributed by atoms with Gasteiger partial charge < -0.3 is 5.32 Å². The Balaban J connectivity index is 2.83. The van der Waals surface area contributed by atoms with Gasteiger partial charge in [-0.05, 0) is 37.8 Å². The molecule has 1 rings (SSSR count). The van der Waals surface area contributed by atoms with Gasteiger partial charge in [0, 0.05) is 17.5 Å². The van der Waals surface area contributed by atoms with Crippen molar-refractivity contribution in [2.75, 3.05) is 5.88 Å². The SMILES string of the molecule is Cc1ccc(C)c(C(=O)NC(CCCl)C(C)C)c1. The maximum Gasteiger partial charge on any atom is 0.251 e. The number of carbonyl (C=O) groups excluding carboxylic acids is 1. The number of nitrogens with one attached hydrogen (secondary N) is 1. The van der Waals surface area contributed by atoms with Crippen LogP contribution in [0.4, 0.5) is 0 Å². The lowest BCUT2D eigenvalue weighted by molar-refractivity contribution is 0.0924. The molecule has 0 saturated heterocycles. The Labute approximate surface area is 115 Å². The quantitative estimate of drug-likeness (QED) is 0.810. The second-order valence-electron chi connectivity index (χ2n) is 5.12. The van der Waals surface area contributed by atoms with Crippen LogP contribution in [-0.2, 0) is 0 Å². The van der Waals surface area contributed by atoms with E-state index in [1.165, 1.54) is 0 Å². The van der Waals surface area contributed by atoms with Gasteiger partial charge in [0.1, 0.15) is 0 Å². The lowest BCUT2D eigenvalue weighted by Crippen LogP contribution is -2.39. The molecule has 0 heterocycles. The van der Waals surface area contributed by atoms with Crippen LogP contribution in [0, 0.1) is 19.8 Å². The van der Waals surface area contributed by atoms with E-state index in [1.54, 1.807) is 0 Å². The lowest BCUT2D eigenvalue weighted by atomic mass is 10.00. The molecule has 0 bridgehead atoms. The van der Waals surface area contributed by atoms with Gasteiger partial charge in [-0.25, -0.2) is 0 Å². The average molecular weight is 268 g/mol. The number of benzene rings is 1. The summed E-state index contributed by atoms with van der Waals surface area (Å²) in [6.07, 6.45) is 0.801. The molecule has 1 N–H and O–H groups in total. The summed E-state index contributed by atoms with van der Waals surface area (Å²) in [6.45, 7) is 8.15. The minimum absolute atomic E-state index is 0.0000154. The van der Waals surface area contributed by atoms with Crippen LogP contribution < -0.4 is 5.32 Å². The summed E-state index contributed by atoms with van der Waals surface area (Å²) in [5, 5.41) is 3.08. The lowest BCUT2D eigenvalue weighted by Gasteiger charge is -2.22. The number of alkyl halides is 1. The first-order chi connectivity index (χ1) is 8.45. The van der Waals surface area contributed by atoms with Gasteiger partial charge in [-0.15, -0.1) is 11.6 Å². The van der Waals surface area contributed by atoms with Crippen molar-refractivity contribution in [1.29, 1.82) is 0 Å². The molecule has 1 aromatic rings. The Hall–Kier alpha value is -1.02. The molecular weight excluding hydrogens is 246 g/mol. The average Bonchev–Trinajstić information content (AvgIpc) is 2.31. The smallest absolute Gasteiger partial charge is 0.251 e. The largest absolute Gasteiger partial charge is 0.349 e. The van der Waals surface area contributed by atoms with Gasteiger partial charge in [-0.1, -0.05) is 31.5 Å². The van der Waals surface area contributed by atoms with Gasteiger partial charge in [0.2, 0.25) is 0 Å². The Morgan fingerprint density at radius 1 is 1.33 bits per heavy atom. The van der Waals surface area contributed by atoms with Gasteiger partial charge in [-0.3, -0.25) is 4.79 Å². The molecule has 3 heteroatoms. The van der Waals surface area contributed by atoms with Gasteiger partial charge >= 0.3 is 0 Å². The number of aryl methyl sites for hydroxylation is 2. The minimum Gasteiger partial charge on any atom is -0.349 e. The van der Waals surface area contributed by atoms with E-state index in [1.807, 2.05) is 32.0 Å². The van der Waals surface area contributed by atoms with Gasteiger partial charge in [0.25, 0.3) is 5.91 Å². The summed E-state index contributed by atoms with van der Waals surface area (Å²) >= 11 is 5.78. The second kappa shape index (κ2) is 6.79. The van der Waals surface area contributed by atoms with Crippen LogP contribution in [0.25, 0.3) is 0 Å². The molecule has 0 aliphatic heterocycles. The van der Waals surface area contributed by atoms with Crippen molar-refractivity contribution in [3.63, 3.8) is 0 Å². The predicted octanol–water partition coefficient (Wildman–Crippen LogP) is 3.69. The van der Waals surface area contributed by atoms with E-state index in [-0.39, 0.29) is 11.9 Å². The van der Waals surface area contributed by atoms with Crippen molar-refractivity contribution >= 4 is 17.5 Å². The molecule has 0 radical (unpaired) electrons. The minimum atomic E-state index is 0.0000154. The number of hydrogen-bond acceptors (Lipinski definition) is 1. The van der Waals surface area contributed by atoms with E-state index in [9.17, 15) is 4.79 Å². The predicted molar refractivity (Wildman–Crippen MR) is 77.3 cm³/mol. The summed E-state index contributed by atoms with van der Waals surface area (Å²) < 4.78 is 0. The molecule has 100 valence electrons. The van der Waals surface area contributed by atoms with E-state index in [4.69, 9.17) is 11.6 Å². The highest BCUT2D eigenvalue weighted by Crippen LogP contribution is 2.13. The van der Waals surface area contributed by atoms with Crippen LogP contribution in [0.15, 0.2) is 18.2 Å². The van der Waals surface area contributed by atoms with Crippen molar-refractivity contribution < 1.29 is 4.79 Å². The molecule has 1 atom stereocenters. The molecule has 0 saturated carbocycles. The van der Waals surface area contributed by atoms with Crippen molar-refractivity contribution in [2.45, 2.75) is 40.2 Å². The molecule has 1 amide bonds. The highest BCUT2D eigenvalue weighted by molar-refractivity contribution is 6.17. The van der Waals surface area contributed by atoms with Crippen LogP contribution in [0.1, 0.15) is 41.8 Å². The first kappa shape index (κ1) is 15.0. The summed E-state index contributed by atoms with van der Waals surface area (Å²) in [4.78, 5) is 12.3. The monoisotopic (exact) mass is 267 g/mol. The number of hydrogen-bond donors (Lipinski definition) is 1. The molecular formula is C15H22ClNO. The van der Waals surface area contributed by atoms with Gasteiger partial charge in [0.05, 0.1) is 0 Å². The van der Waals surface area contributed by atoms with E-state index >= 15 is 0 Å². The van der Waals surface area contributed by atoms with Crippen molar-refractivity contribution in [1.82, 2.24) is 5.32 Å². The van der Waals surface area contributed by atoms with Crippen LogP contribution in [-0.4, -0.2) is 17.8 Å². The molecule has 1 aromatic carbocycles. The standard InChI is InChI=1S/C15H22ClNO/c1-10(2)14(7-8-16)17-15(18)13-9-11(3)5-6-12(13)4/h5-6,9-10,14H,7-8H2,1-4H3,(H,17,18). The zero-order chi connectivity index (χ0) is 13.7. The summed E-state index contributed by atoms with van der Waals surface area (Å²) in [6, 6.07) is 6.07. The van der Waals surface area contributed by atoms with Crippen LogP contribution >= 0.6 is 11.6 Å². The first-order valence-electron chi connectivity index (χ1n) is 6.39. The summed E-state index contributed by atoms with van der Waals surface area (Å²) in [7, 11) is 0. The van der Waals surface area contributed by atoms with Crippen molar-refractivity contribution in [2.24, 2.45) is 5.92 Å². The van der Waals surface area contributed by atoms with E-state index in [0.29, 0.717) is 11.8 Å². The second-order valence-corrected chi connectivity index (χ2v) is 5.50. The molecule has 0 fully saturated rings. The number of halogens is 1. The van der Waals surface area contributed by atoms with Gasteiger partial charge in [0.15, 0.2) is 0 Å². The van der Waals surface area contributed by atoms with Crippen LogP contribution in [0.2, 0.25) is 0 Å². The summed E-state index contributed by atoms with van der Waals surface area (Å²) in [5.74, 6) is 0.952. The zero-order valence-electron chi connectivity index (χ0n) is 11.6. The fourth-order valence-electron chi connectivity index (χ4n) is 1.92. The van der Waals surface area contributed by atoms with Crippen LogP contribution in [0.3, 0.4) is 0 Å². The third-order valence-electron chi connectivity index (χ3n) is 3.18. The summed E-state index contributed by atoms with van der Waals surface area (Å²) in [5.41, 5.74) is 2.87. The molecule has 18 heavy (non-hydrogen) atoms. The van der Waals surface area contributed by atoms with Crippen molar-refractivity contribution in [3.8, 4) is 0 Å².